The van der Waals surface area contributed by atoms with Crippen molar-refractivity contribution in [3.63, 3.8) is 0 Å². The molecule has 0 amide bonds. The number of nitrogens with two attached hydrogens (primary N) is 2. The van der Waals surface area contributed by atoms with E-state index in [9.17, 15) is 0 Å². The number of nitrogens with zero attached hydrogens (tertiary/aromatic N) is 5. The summed E-state index contributed by atoms with van der Waals surface area (Å²) in [6.07, 6.45) is 1.78. The van der Waals surface area contributed by atoms with Gasteiger partial charge in [0.15, 0.2) is 18.0 Å². The lowest BCUT2D eigenvalue weighted by molar-refractivity contribution is 0.306. The molecule has 0 radical (unpaired) electrons. The summed E-state index contributed by atoms with van der Waals surface area (Å²) in [4.78, 5) is 12.0. The molecule has 1 aromatic heterocycles. The van der Waals surface area contributed by atoms with Crippen LogP contribution in [0.15, 0.2) is 9.98 Å². The molecule has 0 atom stereocenters. The second-order valence-electron chi connectivity index (χ2n) is 3.70. The van der Waals surface area contributed by atoms with Crippen molar-refractivity contribution in [3.05, 3.63) is 5.82 Å². The number of aliphatic imine (C=N–C) groups is 2. The van der Waals surface area contributed by atoms with Gasteiger partial charge in [0.05, 0.1) is 18.9 Å². The van der Waals surface area contributed by atoms with Gasteiger partial charge in [0, 0.05) is 23.8 Å². The number of hydrogen-bond acceptors (Lipinski definition) is 8. The van der Waals surface area contributed by atoms with Gasteiger partial charge in [-0.05, 0) is 0 Å². The maximum Gasteiger partial charge on any atom is 0.232 e. The third kappa shape index (κ3) is 7.62. The first-order chi connectivity index (χ1) is 10.7. The first-order valence-electron chi connectivity index (χ1n) is 6.20. The molecule has 0 bridgehead atoms. The average Bonchev–Trinajstić information content (AvgIpc) is 2.90. The van der Waals surface area contributed by atoms with Crippen molar-refractivity contribution in [2.75, 3.05) is 25.4 Å². The highest BCUT2D eigenvalue weighted by Gasteiger charge is 2.03. The maximum absolute atomic E-state index is 8.69. The minimum absolute atomic E-state index is 0.0424. The molecule has 0 aliphatic rings. The minimum atomic E-state index is -0.0688. The highest BCUT2D eigenvalue weighted by Crippen LogP contribution is 2.17. The van der Waals surface area contributed by atoms with Crippen molar-refractivity contribution < 1.29 is 5.11 Å². The minimum Gasteiger partial charge on any atom is -0.394 e. The first-order valence-corrected chi connectivity index (χ1v) is 8.12. The van der Waals surface area contributed by atoms with Crippen LogP contribution in [0.3, 0.4) is 0 Å². The third-order valence-corrected chi connectivity index (χ3v) is 3.60. The molecule has 0 saturated carbocycles. The lowest BCUT2D eigenvalue weighted by Gasteiger charge is -2.06. The maximum atomic E-state index is 8.69. The summed E-state index contributed by atoms with van der Waals surface area (Å²) >= 11 is 2.75. The zero-order chi connectivity index (χ0) is 16.2. The van der Waals surface area contributed by atoms with Gasteiger partial charge >= 0.3 is 0 Å². The summed E-state index contributed by atoms with van der Waals surface area (Å²) in [5.41, 5.74) is 10.5. The smallest absolute Gasteiger partial charge is 0.232 e. The summed E-state index contributed by atoms with van der Waals surface area (Å²) in [6, 6.07) is 0. The molecule has 120 valence electrons. The predicted octanol–water partition coefficient (Wildman–Crippen LogP) is -1.32. The van der Waals surface area contributed by atoms with Gasteiger partial charge in [0.2, 0.25) is 11.1 Å². The molecular weight excluding hydrogens is 326 g/mol. The topological polar surface area (TPSA) is 171 Å². The van der Waals surface area contributed by atoms with Gasteiger partial charge in [-0.15, -0.1) is 0 Å². The van der Waals surface area contributed by atoms with E-state index in [0.717, 1.165) is 17.3 Å². The Morgan fingerprint density at radius 1 is 1.50 bits per heavy atom. The number of nitrogens with one attached hydrogen (secondary N) is 2. The monoisotopic (exact) mass is 343 g/mol. The molecule has 22 heavy (non-hydrogen) atoms. The number of aliphatic hydroxyl groups is 1. The zero-order valence-electron chi connectivity index (χ0n) is 11.7. The second-order valence-corrected chi connectivity index (χ2v) is 5.54. The largest absolute Gasteiger partial charge is 0.394 e. The molecule has 7 N–H and O–H groups in total. The van der Waals surface area contributed by atoms with Gasteiger partial charge < -0.3 is 21.9 Å². The Morgan fingerprint density at radius 3 is 3.00 bits per heavy atom. The summed E-state index contributed by atoms with van der Waals surface area (Å²) in [5.74, 6) is 2.37. The summed E-state index contributed by atoms with van der Waals surface area (Å²) in [5, 5.41) is 23.1. The van der Waals surface area contributed by atoms with E-state index in [4.69, 9.17) is 21.8 Å². The van der Waals surface area contributed by atoms with Crippen molar-refractivity contribution >= 4 is 40.3 Å². The number of guanidine groups is 2. The van der Waals surface area contributed by atoms with E-state index in [1.165, 1.54) is 0 Å². The Morgan fingerprint density at radius 2 is 2.32 bits per heavy atom. The van der Waals surface area contributed by atoms with Crippen molar-refractivity contribution in [2.45, 2.75) is 5.75 Å². The van der Waals surface area contributed by atoms with Gasteiger partial charge in [0.25, 0.3) is 0 Å². The predicted molar refractivity (Wildman–Crippen MR) is 87.7 cm³/mol. The zero-order valence-corrected chi connectivity index (χ0v) is 13.3. The van der Waals surface area contributed by atoms with Crippen LogP contribution in [-0.2, 0) is 5.75 Å². The molecule has 12 heteroatoms. The lowest BCUT2D eigenvalue weighted by atomic mass is 10.7. The number of aromatic nitrogens is 2. The van der Waals surface area contributed by atoms with Crippen LogP contribution in [0.4, 0.5) is 5.13 Å². The van der Waals surface area contributed by atoms with Gasteiger partial charge in [0.1, 0.15) is 0 Å². The number of nitriles is 1. The molecule has 10 nitrogen and oxygen atoms in total. The van der Waals surface area contributed by atoms with Crippen LogP contribution in [-0.4, -0.2) is 51.8 Å². The highest BCUT2D eigenvalue weighted by atomic mass is 32.2. The van der Waals surface area contributed by atoms with Crippen molar-refractivity contribution in [2.24, 2.45) is 21.5 Å². The Bertz CT molecular complexity index is 547. The van der Waals surface area contributed by atoms with E-state index < -0.39 is 0 Å². The molecule has 1 heterocycles. The van der Waals surface area contributed by atoms with Crippen LogP contribution in [0.25, 0.3) is 0 Å². The standard InChI is InChI=1S/C10H17N9OS2/c11-6-16-9(14-1-3-20)15-2-4-21-5-7-17-10(22-19-7)18-8(12)13/h20H,1-5H2,(H2,14,15,16)(H4,12,13,17,18,19). The molecule has 0 spiro atoms. The fourth-order valence-electron chi connectivity index (χ4n) is 1.22. The molecule has 1 aromatic rings. The van der Waals surface area contributed by atoms with Gasteiger partial charge in [-0.1, -0.05) is 0 Å². The van der Waals surface area contributed by atoms with E-state index in [2.05, 4.69) is 30.0 Å². The molecule has 0 aliphatic carbocycles. The number of hydrogen-bond donors (Lipinski definition) is 5. The molecular formula is C10H17N9OS2. The van der Waals surface area contributed by atoms with Crippen LogP contribution in [0, 0.1) is 11.5 Å². The Kier molecular flexibility index (Phi) is 8.65. The number of thioether (sulfide) groups is 1. The fraction of sp³-hybridized carbons (Fsp3) is 0.500. The van der Waals surface area contributed by atoms with Crippen molar-refractivity contribution in [1.82, 2.24) is 20.0 Å². The first kappa shape index (κ1) is 18.0. The Hall–Kier alpha value is -2.10. The second kappa shape index (κ2) is 10.6. The summed E-state index contributed by atoms with van der Waals surface area (Å²) in [6.45, 7) is 0.773. The lowest BCUT2D eigenvalue weighted by Crippen LogP contribution is -2.36. The molecule has 0 unspecified atom stereocenters. The van der Waals surface area contributed by atoms with E-state index in [1.54, 1.807) is 18.0 Å². The molecule has 0 aromatic carbocycles. The normalized spacial score (nSPS) is 10.8. The van der Waals surface area contributed by atoms with E-state index >= 15 is 0 Å². The van der Waals surface area contributed by atoms with Crippen LogP contribution >= 0.6 is 23.3 Å². The summed E-state index contributed by atoms with van der Waals surface area (Å²) < 4.78 is 4.14. The van der Waals surface area contributed by atoms with E-state index in [-0.39, 0.29) is 19.1 Å². The molecule has 0 saturated heterocycles. The summed E-state index contributed by atoms with van der Waals surface area (Å²) in [7, 11) is 0. The molecule has 0 aliphatic heterocycles. The number of aliphatic hydroxyl groups excluding tert-OH is 1. The third-order valence-electron chi connectivity index (χ3n) is 2.00. The van der Waals surface area contributed by atoms with E-state index in [0.29, 0.717) is 29.2 Å². The Balaban J connectivity index is 2.26. The highest BCUT2D eigenvalue weighted by molar-refractivity contribution is 7.98. The van der Waals surface area contributed by atoms with Crippen LogP contribution in [0.5, 0.6) is 0 Å². The average molecular weight is 343 g/mol. The van der Waals surface area contributed by atoms with Crippen LogP contribution < -0.4 is 22.1 Å². The Labute approximate surface area is 135 Å². The van der Waals surface area contributed by atoms with Gasteiger partial charge in [-0.25, -0.2) is 4.98 Å². The van der Waals surface area contributed by atoms with Crippen molar-refractivity contribution in [3.8, 4) is 6.19 Å². The molecule has 1 rings (SSSR count). The SMILES string of the molecule is N#CNC(=NCCO)NCCSCc1nsc(N=C(N)N)n1. The van der Waals surface area contributed by atoms with Gasteiger partial charge in [-0.2, -0.15) is 26.4 Å². The van der Waals surface area contributed by atoms with Crippen LogP contribution in [0.1, 0.15) is 5.82 Å². The van der Waals surface area contributed by atoms with Crippen molar-refractivity contribution in [1.29, 1.82) is 5.26 Å². The van der Waals surface area contributed by atoms with Gasteiger partial charge in [-0.3, -0.25) is 10.3 Å². The van der Waals surface area contributed by atoms with E-state index in [1.807, 2.05) is 0 Å². The molecule has 0 fully saturated rings. The van der Waals surface area contributed by atoms with Crippen LogP contribution in [0.2, 0.25) is 0 Å². The fourth-order valence-corrected chi connectivity index (χ4v) is 2.59. The number of rotatable bonds is 8. The quantitative estimate of drug-likeness (QED) is 0.126.